The standard InChI is InChI=1S/C16H21NO4/c1-10-7-12-13(9-21-14(12)8-11(10)2)16(20)17-6-4-3-5-15(18)19/h7-8,13H,3-6,9H2,1-2H3,(H,17,20)(H,18,19). The number of aliphatic carboxylic acids is 1. The molecule has 0 bridgehead atoms. The predicted octanol–water partition coefficient (Wildman–Crippen LogP) is 2.15. The number of hydrogen-bond acceptors (Lipinski definition) is 3. The normalized spacial score (nSPS) is 16.2. The number of unbranched alkanes of at least 4 members (excludes halogenated alkanes) is 1. The maximum atomic E-state index is 12.2. The number of nitrogens with one attached hydrogen (secondary N) is 1. The molecule has 1 atom stereocenters. The van der Waals surface area contributed by atoms with Gasteiger partial charge in [-0.25, -0.2) is 0 Å². The highest BCUT2D eigenvalue weighted by Crippen LogP contribution is 2.35. The summed E-state index contributed by atoms with van der Waals surface area (Å²) in [6.07, 6.45) is 1.39. The minimum Gasteiger partial charge on any atom is -0.492 e. The summed E-state index contributed by atoms with van der Waals surface area (Å²) in [5, 5.41) is 11.4. The Morgan fingerprint density at radius 1 is 1.29 bits per heavy atom. The molecule has 21 heavy (non-hydrogen) atoms. The van der Waals surface area contributed by atoms with E-state index in [0.717, 1.165) is 22.4 Å². The second kappa shape index (κ2) is 6.61. The average molecular weight is 291 g/mol. The van der Waals surface area contributed by atoms with Gasteiger partial charge in [-0.15, -0.1) is 0 Å². The first-order chi connectivity index (χ1) is 9.99. The molecule has 1 amide bonds. The summed E-state index contributed by atoms with van der Waals surface area (Å²) in [6.45, 7) is 4.92. The zero-order valence-corrected chi connectivity index (χ0v) is 12.4. The van der Waals surface area contributed by atoms with Gasteiger partial charge in [-0.2, -0.15) is 0 Å². The van der Waals surface area contributed by atoms with Crippen molar-refractivity contribution >= 4 is 11.9 Å². The average Bonchev–Trinajstić information content (AvgIpc) is 2.81. The van der Waals surface area contributed by atoms with E-state index in [4.69, 9.17) is 9.84 Å². The van der Waals surface area contributed by atoms with Crippen molar-refractivity contribution in [2.24, 2.45) is 0 Å². The molecule has 2 N–H and O–H groups in total. The summed E-state index contributed by atoms with van der Waals surface area (Å²) in [5.74, 6) is -0.319. The van der Waals surface area contributed by atoms with Gasteiger partial charge < -0.3 is 15.2 Å². The van der Waals surface area contributed by atoms with Crippen LogP contribution in [0.5, 0.6) is 5.75 Å². The Labute approximate surface area is 124 Å². The fourth-order valence-electron chi connectivity index (χ4n) is 2.43. The maximum absolute atomic E-state index is 12.2. The predicted molar refractivity (Wildman–Crippen MR) is 78.6 cm³/mol. The van der Waals surface area contributed by atoms with Crippen molar-refractivity contribution in [1.82, 2.24) is 5.32 Å². The molecule has 1 aliphatic heterocycles. The van der Waals surface area contributed by atoms with E-state index in [1.54, 1.807) is 0 Å². The molecule has 2 rings (SSSR count). The molecule has 114 valence electrons. The first-order valence-corrected chi connectivity index (χ1v) is 7.22. The van der Waals surface area contributed by atoms with E-state index in [1.807, 2.05) is 26.0 Å². The van der Waals surface area contributed by atoms with Crippen molar-refractivity contribution < 1.29 is 19.4 Å². The van der Waals surface area contributed by atoms with Gasteiger partial charge in [0.1, 0.15) is 18.3 Å². The smallest absolute Gasteiger partial charge is 0.303 e. The highest BCUT2D eigenvalue weighted by molar-refractivity contribution is 5.85. The number of carbonyl (C=O) groups is 2. The van der Waals surface area contributed by atoms with Crippen molar-refractivity contribution in [1.29, 1.82) is 0 Å². The molecule has 0 aromatic heterocycles. The Morgan fingerprint density at radius 2 is 2.00 bits per heavy atom. The van der Waals surface area contributed by atoms with Crippen LogP contribution in [0.2, 0.25) is 0 Å². The van der Waals surface area contributed by atoms with E-state index >= 15 is 0 Å². The Kier molecular flexibility index (Phi) is 4.83. The third-order valence-electron chi connectivity index (χ3n) is 3.84. The Hall–Kier alpha value is -2.04. The van der Waals surface area contributed by atoms with Crippen LogP contribution >= 0.6 is 0 Å². The Bertz CT molecular complexity index is 553. The van der Waals surface area contributed by atoms with Crippen molar-refractivity contribution in [2.75, 3.05) is 13.2 Å². The summed E-state index contributed by atoms with van der Waals surface area (Å²) < 4.78 is 5.59. The monoisotopic (exact) mass is 291 g/mol. The van der Waals surface area contributed by atoms with Gasteiger partial charge in [0.2, 0.25) is 5.91 Å². The lowest BCUT2D eigenvalue weighted by Gasteiger charge is -2.11. The molecule has 1 heterocycles. The second-order valence-electron chi connectivity index (χ2n) is 5.48. The number of benzene rings is 1. The van der Waals surface area contributed by atoms with E-state index in [-0.39, 0.29) is 18.2 Å². The van der Waals surface area contributed by atoms with Crippen LogP contribution in [-0.4, -0.2) is 30.1 Å². The minimum atomic E-state index is -0.801. The number of fused-ring (bicyclic) bond motifs is 1. The van der Waals surface area contributed by atoms with E-state index in [1.165, 1.54) is 0 Å². The molecule has 0 saturated carbocycles. The SMILES string of the molecule is Cc1cc2c(cc1C)C(C(=O)NCCCCC(=O)O)CO2. The van der Waals surface area contributed by atoms with Crippen molar-refractivity contribution in [3.8, 4) is 5.75 Å². The van der Waals surface area contributed by atoms with Gasteiger partial charge >= 0.3 is 5.97 Å². The molecule has 5 nitrogen and oxygen atoms in total. The fourth-order valence-corrected chi connectivity index (χ4v) is 2.43. The first-order valence-electron chi connectivity index (χ1n) is 7.22. The summed E-state index contributed by atoms with van der Waals surface area (Å²) in [5.41, 5.74) is 3.25. The van der Waals surface area contributed by atoms with Crippen LogP contribution in [-0.2, 0) is 9.59 Å². The van der Waals surface area contributed by atoms with Gasteiger partial charge in [0.05, 0.1) is 0 Å². The highest BCUT2D eigenvalue weighted by Gasteiger charge is 2.30. The van der Waals surface area contributed by atoms with Gasteiger partial charge in [-0.1, -0.05) is 6.07 Å². The zero-order chi connectivity index (χ0) is 15.4. The van der Waals surface area contributed by atoms with Crippen LogP contribution in [0.1, 0.15) is 41.9 Å². The minimum absolute atomic E-state index is 0.0488. The highest BCUT2D eigenvalue weighted by atomic mass is 16.5. The number of hydrogen-bond donors (Lipinski definition) is 2. The topological polar surface area (TPSA) is 75.6 Å². The lowest BCUT2D eigenvalue weighted by molar-refractivity contribution is -0.137. The summed E-state index contributed by atoms with van der Waals surface area (Å²) in [6, 6.07) is 4.00. The summed E-state index contributed by atoms with van der Waals surface area (Å²) in [7, 11) is 0. The molecule has 1 aromatic carbocycles. The van der Waals surface area contributed by atoms with Gasteiger partial charge in [-0.05, 0) is 43.9 Å². The van der Waals surface area contributed by atoms with Gasteiger partial charge in [0.25, 0.3) is 0 Å². The molecule has 1 unspecified atom stereocenters. The van der Waals surface area contributed by atoms with Gasteiger partial charge in [0.15, 0.2) is 0 Å². The quantitative estimate of drug-likeness (QED) is 0.787. The van der Waals surface area contributed by atoms with Crippen molar-refractivity contribution in [2.45, 2.75) is 39.0 Å². The molecule has 5 heteroatoms. The van der Waals surface area contributed by atoms with Crippen molar-refractivity contribution in [3.05, 3.63) is 28.8 Å². The van der Waals surface area contributed by atoms with E-state index in [9.17, 15) is 9.59 Å². The number of carboxylic acid groups (broad SMARTS) is 1. The van der Waals surface area contributed by atoms with E-state index in [2.05, 4.69) is 5.32 Å². The number of aryl methyl sites for hydroxylation is 2. The lowest BCUT2D eigenvalue weighted by atomic mass is 9.96. The third kappa shape index (κ3) is 3.74. The van der Waals surface area contributed by atoms with Crippen LogP contribution in [0.4, 0.5) is 0 Å². The maximum Gasteiger partial charge on any atom is 0.303 e. The first kappa shape index (κ1) is 15.4. The number of amides is 1. The van der Waals surface area contributed by atoms with Crippen molar-refractivity contribution in [3.63, 3.8) is 0 Å². The Balaban J connectivity index is 1.88. The van der Waals surface area contributed by atoms with Gasteiger partial charge in [0, 0.05) is 18.5 Å². The summed E-state index contributed by atoms with van der Waals surface area (Å²) in [4.78, 5) is 22.6. The fraction of sp³-hybridized carbons (Fsp3) is 0.500. The molecular formula is C16H21NO4. The number of carboxylic acids is 1. The van der Waals surface area contributed by atoms with Gasteiger partial charge in [-0.3, -0.25) is 9.59 Å². The molecule has 0 radical (unpaired) electrons. The molecule has 0 fully saturated rings. The van der Waals surface area contributed by atoms with Crippen LogP contribution in [0.25, 0.3) is 0 Å². The molecule has 0 aliphatic carbocycles. The third-order valence-corrected chi connectivity index (χ3v) is 3.84. The van der Waals surface area contributed by atoms with Crippen LogP contribution in [0.3, 0.4) is 0 Å². The largest absolute Gasteiger partial charge is 0.492 e. The molecule has 0 spiro atoms. The molecular weight excluding hydrogens is 270 g/mol. The second-order valence-corrected chi connectivity index (χ2v) is 5.48. The van der Waals surface area contributed by atoms with Crippen LogP contribution in [0, 0.1) is 13.8 Å². The Morgan fingerprint density at radius 3 is 2.71 bits per heavy atom. The number of rotatable bonds is 6. The molecule has 0 saturated heterocycles. The molecule has 1 aliphatic rings. The van der Waals surface area contributed by atoms with E-state index in [0.29, 0.717) is 26.0 Å². The zero-order valence-electron chi connectivity index (χ0n) is 12.4. The summed E-state index contributed by atoms with van der Waals surface area (Å²) >= 11 is 0. The van der Waals surface area contributed by atoms with Crippen LogP contribution in [0.15, 0.2) is 12.1 Å². The number of carbonyl (C=O) groups excluding carboxylic acids is 1. The molecule has 1 aromatic rings. The van der Waals surface area contributed by atoms with Crippen LogP contribution < -0.4 is 10.1 Å². The van der Waals surface area contributed by atoms with E-state index < -0.39 is 5.97 Å². The number of ether oxygens (including phenoxy) is 1. The lowest BCUT2D eigenvalue weighted by Crippen LogP contribution is -2.31.